The van der Waals surface area contributed by atoms with Gasteiger partial charge in [0, 0.05) is 6.20 Å². The van der Waals surface area contributed by atoms with Crippen molar-refractivity contribution in [2.24, 2.45) is 5.73 Å². The Bertz CT molecular complexity index is 749. The molecule has 24 heavy (non-hydrogen) atoms. The van der Waals surface area contributed by atoms with Crippen molar-refractivity contribution in [3.63, 3.8) is 0 Å². The first-order chi connectivity index (χ1) is 11.6. The zero-order valence-corrected chi connectivity index (χ0v) is 13.2. The van der Waals surface area contributed by atoms with Gasteiger partial charge in [0.15, 0.2) is 0 Å². The van der Waals surface area contributed by atoms with Gasteiger partial charge in [-0.3, -0.25) is 0 Å². The lowest BCUT2D eigenvalue weighted by Gasteiger charge is -2.23. The molecule has 0 fully saturated rings. The lowest BCUT2D eigenvalue weighted by Crippen LogP contribution is -2.28. The molecular weight excluding hydrogens is 311 g/mol. The third-order valence-electron chi connectivity index (χ3n) is 4.01. The molecule has 1 aliphatic rings. The fourth-order valence-electron chi connectivity index (χ4n) is 2.83. The van der Waals surface area contributed by atoms with Gasteiger partial charge in [0.05, 0.1) is 12.2 Å². The molecule has 2 aromatic rings. The molecule has 126 valence electrons. The Kier molecular flexibility index (Phi) is 4.82. The van der Waals surface area contributed by atoms with Gasteiger partial charge in [-0.25, -0.2) is 9.48 Å². The second-order valence-corrected chi connectivity index (χ2v) is 5.80. The van der Waals surface area contributed by atoms with Gasteiger partial charge in [0.1, 0.15) is 11.3 Å². The first-order valence-corrected chi connectivity index (χ1v) is 7.90. The Morgan fingerprint density at radius 3 is 3.04 bits per heavy atom. The quantitative estimate of drug-likeness (QED) is 0.652. The summed E-state index contributed by atoms with van der Waals surface area (Å²) in [5.74, 6) is -0.832. The summed E-state index contributed by atoms with van der Waals surface area (Å²) in [7, 11) is -0.972. The molecule has 4 N–H and O–H groups in total. The van der Waals surface area contributed by atoms with Gasteiger partial charge in [-0.15, -0.1) is 5.10 Å². The molecule has 0 saturated heterocycles. The van der Waals surface area contributed by atoms with Crippen molar-refractivity contribution in [3.05, 3.63) is 40.7 Å². The average molecular weight is 330 g/mol. The fourth-order valence-corrected chi connectivity index (χ4v) is 2.83. The number of fused-ring (bicyclic) bond motifs is 1. The van der Waals surface area contributed by atoms with Crippen molar-refractivity contribution in [2.45, 2.75) is 32.1 Å². The van der Waals surface area contributed by atoms with E-state index in [0.717, 1.165) is 24.1 Å². The maximum Gasteiger partial charge on any atom is 0.522 e. The van der Waals surface area contributed by atoms with Gasteiger partial charge in [-0.1, -0.05) is 17.3 Å². The standard InChI is InChI=1S/C15H19BN4O4/c17-7-1-2-12-9-20(19-18-12)8-11-4-3-10-5-6-16(23)24-14(10)13(11)15(21)22/h3-4,9,23H,1-2,5-8,17H2,(H,21,22). The fraction of sp³-hybridized carbons (Fsp3) is 0.400. The van der Waals surface area contributed by atoms with Gasteiger partial charge < -0.3 is 20.5 Å². The molecule has 2 heterocycles. The van der Waals surface area contributed by atoms with Crippen molar-refractivity contribution in [1.29, 1.82) is 0 Å². The van der Waals surface area contributed by atoms with E-state index in [2.05, 4.69) is 10.3 Å². The number of aromatic carboxylic acids is 1. The Labute approximate surface area is 139 Å². The van der Waals surface area contributed by atoms with E-state index in [9.17, 15) is 14.9 Å². The predicted octanol–water partition coefficient (Wildman–Crippen LogP) is 0.331. The molecule has 0 unspecified atom stereocenters. The molecule has 1 aromatic carbocycles. The Balaban J connectivity index is 1.89. The summed E-state index contributed by atoms with van der Waals surface area (Å²) < 4.78 is 6.97. The predicted molar refractivity (Wildman–Crippen MR) is 87.0 cm³/mol. The minimum Gasteiger partial charge on any atom is -0.535 e. The Morgan fingerprint density at radius 2 is 2.29 bits per heavy atom. The highest BCUT2D eigenvalue weighted by molar-refractivity contribution is 6.44. The number of nitrogens with two attached hydrogens (primary N) is 1. The van der Waals surface area contributed by atoms with Crippen LogP contribution in [-0.2, 0) is 19.4 Å². The Hall–Kier alpha value is -2.39. The van der Waals surface area contributed by atoms with E-state index in [1.165, 1.54) is 0 Å². The summed E-state index contributed by atoms with van der Waals surface area (Å²) in [6.45, 7) is 0.852. The van der Waals surface area contributed by atoms with Crippen LogP contribution in [0.5, 0.6) is 5.75 Å². The third kappa shape index (κ3) is 3.41. The van der Waals surface area contributed by atoms with E-state index < -0.39 is 13.1 Å². The minimum absolute atomic E-state index is 0.0743. The third-order valence-corrected chi connectivity index (χ3v) is 4.01. The van der Waals surface area contributed by atoms with Gasteiger partial charge in [0.25, 0.3) is 0 Å². The minimum atomic E-state index is -1.08. The molecule has 3 rings (SSSR count). The summed E-state index contributed by atoms with van der Waals surface area (Å²) in [4.78, 5) is 11.7. The largest absolute Gasteiger partial charge is 0.535 e. The molecule has 1 aromatic heterocycles. The normalized spacial score (nSPS) is 13.5. The van der Waals surface area contributed by atoms with Crippen LogP contribution < -0.4 is 10.4 Å². The van der Waals surface area contributed by atoms with Crippen LogP contribution in [0, 0.1) is 0 Å². The number of rotatable bonds is 6. The van der Waals surface area contributed by atoms with E-state index in [0.29, 0.717) is 24.8 Å². The average Bonchev–Trinajstić information content (AvgIpc) is 2.99. The summed E-state index contributed by atoms with van der Waals surface area (Å²) in [6, 6.07) is 3.61. The Morgan fingerprint density at radius 1 is 1.46 bits per heavy atom. The zero-order chi connectivity index (χ0) is 17.1. The first-order valence-electron chi connectivity index (χ1n) is 7.90. The molecule has 0 radical (unpaired) electrons. The van der Waals surface area contributed by atoms with E-state index in [1.807, 2.05) is 6.07 Å². The number of aromatic nitrogens is 3. The number of hydrogen-bond donors (Lipinski definition) is 3. The highest BCUT2D eigenvalue weighted by Crippen LogP contribution is 2.33. The molecule has 8 nitrogen and oxygen atoms in total. The molecule has 1 aliphatic heterocycles. The van der Waals surface area contributed by atoms with Crippen LogP contribution in [0.4, 0.5) is 0 Å². The number of nitrogens with zero attached hydrogens (tertiary/aromatic N) is 3. The molecule has 0 saturated carbocycles. The number of aryl methyl sites for hydroxylation is 2. The lowest BCUT2D eigenvalue weighted by molar-refractivity contribution is 0.0693. The summed E-state index contributed by atoms with van der Waals surface area (Å²) in [5.41, 5.74) is 7.73. The van der Waals surface area contributed by atoms with E-state index in [1.54, 1.807) is 16.9 Å². The maximum absolute atomic E-state index is 11.7. The van der Waals surface area contributed by atoms with E-state index >= 15 is 0 Å². The van der Waals surface area contributed by atoms with Crippen LogP contribution in [0.2, 0.25) is 6.32 Å². The van der Waals surface area contributed by atoms with Crippen molar-refractivity contribution in [3.8, 4) is 5.75 Å². The number of carboxylic acids is 1. The smallest absolute Gasteiger partial charge is 0.522 e. The maximum atomic E-state index is 11.7. The van der Waals surface area contributed by atoms with E-state index in [4.69, 9.17) is 10.4 Å². The summed E-state index contributed by atoms with van der Waals surface area (Å²) in [6.07, 6.45) is 4.39. The van der Waals surface area contributed by atoms with Gasteiger partial charge in [0.2, 0.25) is 0 Å². The SMILES string of the molecule is NCCCc1cn(Cc2ccc3c(c2C(=O)O)OB(O)CC3)nn1. The van der Waals surface area contributed by atoms with E-state index in [-0.39, 0.29) is 17.9 Å². The molecule has 0 aliphatic carbocycles. The number of carbonyl (C=O) groups is 1. The van der Waals surface area contributed by atoms with Crippen LogP contribution in [0.15, 0.2) is 18.3 Å². The van der Waals surface area contributed by atoms with Crippen molar-refractivity contribution < 1.29 is 19.6 Å². The zero-order valence-electron chi connectivity index (χ0n) is 13.2. The molecule has 0 bridgehead atoms. The topological polar surface area (TPSA) is 123 Å². The highest BCUT2D eigenvalue weighted by atomic mass is 16.5. The molecular formula is C15H19BN4O4. The first kappa shape index (κ1) is 16.5. The van der Waals surface area contributed by atoms with Gasteiger partial charge >= 0.3 is 13.1 Å². The lowest BCUT2D eigenvalue weighted by atomic mass is 9.78. The molecule has 0 spiro atoms. The van der Waals surface area contributed by atoms with Crippen LogP contribution in [0.1, 0.15) is 33.6 Å². The molecule has 0 amide bonds. The number of hydrogen-bond acceptors (Lipinski definition) is 6. The second kappa shape index (κ2) is 7.02. The second-order valence-electron chi connectivity index (χ2n) is 5.80. The van der Waals surface area contributed by atoms with Gasteiger partial charge in [-0.05, 0) is 43.3 Å². The molecule has 9 heteroatoms. The number of carboxylic acid groups (broad SMARTS) is 1. The number of benzene rings is 1. The highest BCUT2D eigenvalue weighted by Gasteiger charge is 2.29. The van der Waals surface area contributed by atoms with Crippen LogP contribution in [-0.4, -0.2) is 44.8 Å². The van der Waals surface area contributed by atoms with Crippen LogP contribution >= 0.6 is 0 Å². The van der Waals surface area contributed by atoms with Crippen molar-refractivity contribution in [2.75, 3.05) is 6.54 Å². The van der Waals surface area contributed by atoms with Crippen molar-refractivity contribution >= 4 is 13.1 Å². The molecule has 0 atom stereocenters. The monoisotopic (exact) mass is 330 g/mol. The van der Waals surface area contributed by atoms with Crippen LogP contribution in [0.25, 0.3) is 0 Å². The van der Waals surface area contributed by atoms with Gasteiger partial charge in [-0.2, -0.15) is 0 Å². The van der Waals surface area contributed by atoms with Crippen LogP contribution in [0.3, 0.4) is 0 Å². The summed E-state index contributed by atoms with van der Waals surface area (Å²) in [5, 5.41) is 27.4. The van der Waals surface area contributed by atoms with Crippen molar-refractivity contribution in [1.82, 2.24) is 15.0 Å². The summed E-state index contributed by atoms with van der Waals surface area (Å²) >= 11 is 0.